The number of aryl methyl sites for hydroxylation is 2. The Morgan fingerprint density at radius 1 is 1.28 bits per heavy atom. The molecule has 1 atom stereocenters. The fourth-order valence-electron chi connectivity index (χ4n) is 3.07. The summed E-state index contributed by atoms with van der Waals surface area (Å²) in [5.41, 5.74) is 5.85. The second kappa shape index (κ2) is 5.61. The Hall–Kier alpha value is -2.84. The average molecular weight is 352 g/mol. The molecule has 0 saturated carbocycles. The standard InChI is InChI=1S/C16H15F3N4O2/c1-8-13(14(20)22(2)21-8)11-7-12(24)23(15(11)25)10-5-3-4-9(6-10)16(17,18)19/h3-6,11H,7,20H2,1-2H3. The molecule has 0 bridgehead atoms. The Kier molecular flexibility index (Phi) is 3.81. The van der Waals surface area contributed by atoms with Crippen molar-refractivity contribution in [2.45, 2.75) is 25.4 Å². The minimum absolute atomic E-state index is 0.104. The minimum Gasteiger partial charge on any atom is -0.384 e. The summed E-state index contributed by atoms with van der Waals surface area (Å²) in [5.74, 6) is -1.77. The molecule has 1 aromatic heterocycles. The molecule has 1 aliphatic rings. The molecule has 1 unspecified atom stereocenters. The predicted octanol–water partition coefficient (Wildman–Crippen LogP) is 2.38. The Morgan fingerprint density at radius 2 is 1.96 bits per heavy atom. The molecule has 0 aliphatic carbocycles. The minimum atomic E-state index is -4.56. The number of nitrogen functional groups attached to an aromatic ring is 1. The molecule has 2 amide bonds. The van der Waals surface area contributed by atoms with Crippen LogP contribution in [0.1, 0.15) is 29.2 Å². The van der Waals surface area contributed by atoms with Gasteiger partial charge in [0.25, 0.3) is 0 Å². The molecule has 9 heteroatoms. The van der Waals surface area contributed by atoms with Crippen molar-refractivity contribution in [1.82, 2.24) is 9.78 Å². The maximum atomic E-state index is 12.9. The second-order valence-electron chi connectivity index (χ2n) is 5.88. The van der Waals surface area contributed by atoms with Crippen molar-refractivity contribution in [1.29, 1.82) is 0 Å². The third-order valence-electron chi connectivity index (χ3n) is 4.24. The molecular formula is C16H15F3N4O2. The van der Waals surface area contributed by atoms with Crippen molar-refractivity contribution >= 4 is 23.3 Å². The number of hydrogen-bond donors (Lipinski definition) is 1. The van der Waals surface area contributed by atoms with Gasteiger partial charge in [-0.05, 0) is 25.1 Å². The van der Waals surface area contributed by atoms with E-state index in [0.29, 0.717) is 11.3 Å². The van der Waals surface area contributed by atoms with E-state index in [-0.39, 0.29) is 17.9 Å². The van der Waals surface area contributed by atoms with E-state index in [1.807, 2.05) is 0 Å². The summed E-state index contributed by atoms with van der Waals surface area (Å²) in [6.07, 6.45) is -4.72. The molecular weight excluding hydrogens is 337 g/mol. The Labute approximate surface area is 141 Å². The van der Waals surface area contributed by atoms with Gasteiger partial charge in [-0.2, -0.15) is 18.3 Å². The van der Waals surface area contributed by atoms with Crippen molar-refractivity contribution in [2.75, 3.05) is 10.6 Å². The second-order valence-corrected chi connectivity index (χ2v) is 5.88. The van der Waals surface area contributed by atoms with Gasteiger partial charge in [0.2, 0.25) is 11.8 Å². The highest BCUT2D eigenvalue weighted by Crippen LogP contribution is 2.38. The van der Waals surface area contributed by atoms with Crippen LogP contribution in [0.2, 0.25) is 0 Å². The van der Waals surface area contributed by atoms with Crippen LogP contribution in [0.25, 0.3) is 0 Å². The van der Waals surface area contributed by atoms with E-state index in [4.69, 9.17) is 5.73 Å². The summed E-state index contributed by atoms with van der Waals surface area (Å²) < 4.78 is 40.0. The molecule has 1 saturated heterocycles. The lowest BCUT2D eigenvalue weighted by Gasteiger charge is -2.17. The number of amides is 2. The van der Waals surface area contributed by atoms with Gasteiger partial charge in [-0.1, -0.05) is 6.07 Å². The molecule has 2 heterocycles. The van der Waals surface area contributed by atoms with E-state index >= 15 is 0 Å². The number of benzene rings is 1. The monoisotopic (exact) mass is 352 g/mol. The summed E-state index contributed by atoms with van der Waals surface area (Å²) in [7, 11) is 1.61. The number of imide groups is 1. The molecule has 2 aromatic rings. The molecule has 0 radical (unpaired) electrons. The number of hydrogen-bond acceptors (Lipinski definition) is 4. The van der Waals surface area contributed by atoms with Crippen LogP contribution in [0.4, 0.5) is 24.7 Å². The lowest BCUT2D eigenvalue weighted by molar-refractivity contribution is -0.137. The van der Waals surface area contributed by atoms with Crippen LogP contribution < -0.4 is 10.6 Å². The Bertz CT molecular complexity index is 873. The number of alkyl halides is 3. The number of rotatable bonds is 2. The fourth-order valence-corrected chi connectivity index (χ4v) is 3.07. The zero-order chi connectivity index (χ0) is 18.5. The number of carbonyl (C=O) groups excluding carboxylic acids is 2. The third kappa shape index (κ3) is 2.75. The highest BCUT2D eigenvalue weighted by molar-refractivity contribution is 6.23. The van der Waals surface area contributed by atoms with Crippen LogP contribution in [-0.4, -0.2) is 21.6 Å². The molecule has 25 heavy (non-hydrogen) atoms. The summed E-state index contributed by atoms with van der Waals surface area (Å²) >= 11 is 0. The van der Waals surface area contributed by atoms with Gasteiger partial charge in [0.15, 0.2) is 0 Å². The largest absolute Gasteiger partial charge is 0.416 e. The molecule has 2 N–H and O–H groups in total. The summed E-state index contributed by atoms with van der Waals surface area (Å²) in [5, 5.41) is 4.12. The zero-order valence-electron chi connectivity index (χ0n) is 13.5. The quantitative estimate of drug-likeness (QED) is 0.842. The number of aromatic nitrogens is 2. The van der Waals surface area contributed by atoms with Crippen molar-refractivity contribution in [3.63, 3.8) is 0 Å². The van der Waals surface area contributed by atoms with Crippen molar-refractivity contribution in [3.05, 3.63) is 41.1 Å². The van der Waals surface area contributed by atoms with Gasteiger partial charge in [0.05, 0.1) is 22.9 Å². The number of carbonyl (C=O) groups is 2. The Balaban J connectivity index is 2.00. The van der Waals surface area contributed by atoms with Gasteiger partial charge in [-0.3, -0.25) is 14.3 Å². The first-order valence-electron chi connectivity index (χ1n) is 7.44. The normalized spacial score (nSPS) is 18.3. The molecule has 1 fully saturated rings. The highest BCUT2D eigenvalue weighted by atomic mass is 19.4. The summed E-state index contributed by atoms with van der Waals surface area (Å²) in [6, 6.07) is 4.13. The average Bonchev–Trinajstić information content (AvgIpc) is 2.94. The van der Waals surface area contributed by atoms with Crippen LogP contribution in [0.5, 0.6) is 0 Å². The predicted molar refractivity (Wildman–Crippen MR) is 83.7 cm³/mol. The number of halogens is 3. The topological polar surface area (TPSA) is 81.2 Å². The first-order valence-corrected chi connectivity index (χ1v) is 7.44. The van der Waals surface area contributed by atoms with Crippen LogP contribution >= 0.6 is 0 Å². The van der Waals surface area contributed by atoms with E-state index in [1.54, 1.807) is 14.0 Å². The first kappa shape index (κ1) is 17.0. The zero-order valence-corrected chi connectivity index (χ0v) is 13.5. The van der Waals surface area contributed by atoms with E-state index in [9.17, 15) is 22.8 Å². The smallest absolute Gasteiger partial charge is 0.384 e. The van der Waals surface area contributed by atoms with Crippen LogP contribution in [0.3, 0.4) is 0 Å². The van der Waals surface area contributed by atoms with Gasteiger partial charge >= 0.3 is 6.18 Å². The first-order chi connectivity index (χ1) is 11.6. The molecule has 1 aromatic carbocycles. The molecule has 0 spiro atoms. The summed E-state index contributed by atoms with van der Waals surface area (Å²) in [6.45, 7) is 1.66. The van der Waals surface area contributed by atoms with Crippen molar-refractivity contribution in [3.8, 4) is 0 Å². The van der Waals surface area contributed by atoms with E-state index in [0.717, 1.165) is 23.1 Å². The fraction of sp³-hybridized carbons (Fsp3) is 0.312. The number of anilines is 2. The SMILES string of the molecule is Cc1nn(C)c(N)c1C1CC(=O)N(c2cccc(C(F)(F)F)c2)C1=O. The van der Waals surface area contributed by atoms with Crippen molar-refractivity contribution in [2.24, 2.45) is 7.05 Å². The Morgan fingerprint density at radius 3 is 2.52 bits per heavy atom. The van der Waals surface area contributed by atoms with Crippen molar-refractivity contribution < 1.29 is 22.8 Å². The van der Waals surface area contributed by atoms with E-state index < -0.39 is 29.5 Å². The van der Waals surface area contributed by atoms with Crippen LogP contribution in [0, 0.1) is 6.92 Å². The maximum absolute atomic E-state index is 12.9. The third-order valence-corrected chi connectivity index (χ3v) is 4.24. The summed E-state index contributed by atoms with van der Waals surface area (Å²) in [4.78, 5) is 25.8. The number of nitrogens with two attached hydrogens (primary N) is 1. The number of nitrogens with zero attached hydrogens (tertiary/aromatic N) is 3. The lowest BCUT2D eigenvalue weighted by atomic mass is 9.97. The van der Waals surface area contributed by atoms with Gasteiger partial charge < -0.3 is 5.73 Å². The van der Waals surface area contributed by atoms with E-state index in [1.165, 1.54) is 10.7 Å². The van der Waals surface area contributed by atoms with E-state index in [2.05, 4.69) is 5.10 Å². The van der Waals surface area contributed by atoms with Gasteiger partial charge in [0, 0.05) is 19.0 Å². The molecule has 132 valence electrons. The maximum Gasteiger partial charge on any atom is 0.416 e. The molecule has 6 nitrogen and oxygen atoms in total. The highest BCUT2D eigenvalue weighted by Gasteiger charge is 2.43. The van der Waals surface area contributed by atoms with Crippen LogP contribution in [-0.2, 0) is 22.8 Å². The van der Waals surface area contributed by atoms with Crippen LogP contribution in [0.15, 0.2) is 24.3 Å². The van der Waals surface area contributed by atoms with Gasteiger partial charge in [0.1, 0.15) is 5.82 Å². The van der Waals surface area contributed by atoms with Gasteiger partial charge in [-0.15, -0.1) is 0 Å². The van der Waals surface area contributed by atoms with Gasteiger partial charge in [-0.25, -0.2) is 4.90 Å². The molecule has 3 rings (SSSR count). The molecule has 1 aliphatic heterocycles. The lowest BCUT2D eigenvalue weighted by Crippen LogP contribution is -2.30.